The Labute approximate surface area is 190 Å². The minimum Gasteiger partial charge on any atom is -0.390 e. The second-order valence-corrected chi connectivity index (χ2v) is 9.31. The average Bonchev–Trinajstić information content (AvgIpc) is 2.71. The molecule has 2 aromatic rings. The van der Waals surface area contributed by atoms with Gasteiger partial charge in [-0.2, -0.15) is 0 Å². The zero-order chi connectivity index (χ0) is 22.4. The number of carbonyl (C=O) groups is 1. The van der Waals surface area contributed by atoms with Crippen LogP contribution in [0.2, 0.25) is 0 Å². The summed E-state index contributed by atoms with van der Waals surface area (Å²) in [7, 11) is 0. The Morgan fingerprint density at radius 3 is 2.42 bits per heavy atom. The third kappa shape index (κ3) is 6.57. The van der Waals surface area contributed by atoms with E-state index >= 15 is 0 Å². The average molecular weight is 495 g/mol. The molecule has 0 spiro atoms. The van der Waals surface area contributed by atoms with Crippen LogP contribution in [0.1, 0.15) is 50.2 Å². The normalized spacial score (nSPS) is 17.7. The van der Waals surface area contributed by atoms with Crippen LogP contribution in [0.25, 0.3) is 0 Å². The Kier molecular flexibility index (Phi) is 8.19. The van der Waals surface area contributed by atoms with Crippen molar-refractivity contribution in [2.24, 2.45) is 0 Å². The number of aliphatic hydroxyl groups is 1. The Morgan fingerprint density at radius 2 is 1.81 bits per heavy atom. The van der Waals surface area contributed by atoms with Gasteiger partial charge in [0.25, 0.3) is 0 Å². The quantitative estimate of drug-likeness (QED) is 0.503. The fourth-order valence-electron chi connectivity index (χ4n) is 4.48. The third-order valence-electron chi connectivity index (χ3n) is 5.96. The summed E-state index contributed by atoms with van der Waals surface area (Å²) < 4.78 is 28.2. The maximum atomic E-state index is 13.6. The van der Waals surface area contributed by atoms with Crippen molar-refractivity contribution in [3.05, 3.63) is 69.7 Å². The third-order valence-corrected chi connectivity index (χ3v) is 6.46. The van der Waals surface area contributed by atoms with Crippen molar-refractivity contribution < 1.29 is 18.7 Å². The van der Waals surface area contributed by atoms with E-state index in [1.54, 1.807) is 0 Å². The predicted octanol–water partition coefficient (Wildman–Crippen LogP) is 4.58. The molecule has 3 rings (SSSR count). The van der Waals surface area contributed by atoms with E-state index in [9.17, 15) is 18.7 Å². The first kappa shape index (κ1) is 23.8. The molecule has 0 heterocycles. The van der Waals surface area contributed by atoms with Crippen molar-refractivity contribution in [1.82, 2.24) is 10.6 Å². The van der Waals surface area contributed by atoms with E-state index in [0.29, 0.717) is 5.56 Å². The van der Waals surface area contributed by atoms with Gasteiger partial charge >= 0.3 is 0 Å². The van der Waals surface area contributed by atoms with Crippen LogP contribution in [0.3, 0.4) is 0 Å². The van der Waals surface area contributed by atoms with E-state index < -0.39 is 23.8 Å². The number of amides is 1. The van der Waals surface area contributed by atoms with Gasteiger partial charge in [0, 0.05) is 29.5 Å². The standard InChI is InChI=1S/C24H29BrF2N2O2/c1-16(30)29-22(12-17-10-20(26)14-21(27)11-17)23(31)15-28-24(8-3-2-4-9-24)18-6-5-7-19(25)13-18/h5-7,10-11,13-14,22-23,28,31H,2-4,8-9,12,15H2,1H3,(H,29,30). The van der Waals surface area contributed by atoms with Gasteiger partial charge in [0.1, 0.15) is 11.6 Å². The molecule has 2 unspecified atom stereocenters. The summed E-state index contributed by atoms with van der Waals surface area (Å²) in [4.78, 5) is 11.7. The molecule has 0 aliphatic heterocycles. The van der Waals surface area contributed by atoms with E-state index in [1.807, 2.05) is 12.1 Å². The molecule has 1 amide bonds. The SMILES string of the molecule is CC(=O)NC(Cc1cc(F)cc(F)c1)C(O)CNC1(c2cccc(Br)c2)CCCCC1. The minimum absolute atomic E-state index is 0.126. The first-order valence-corrected chi connectivity index (χ1v) is 11.5. The number of benzene rings is 2. The van der Waals surface area contributed by atoms with E-state index in [0.717, 1.165) is 41.8 Å². The zero-order valence-corrected chi connectivity index (χ0v) is 19.2. The molecule has 1 aliphatic carbocycles. The molecule has 0 radical (unpaired) electrons. The lowest BCUT2D eigenvalue weighted by molar-refractivity contribution is -0.120. The van der Waals surface area contributed by atoms with Gasteiger partial charge in [0.05, 0.1) is 12.1 Å². The highest BCUT2D eigenvalue weighted by Crippen LogP contribution is 2.38. The van der Waals surface area contributed by atoms with E-state index in [4.69, 9.17) is 0 Å². The fraction of sp³-hybridized carbons (Fsp3) is 0.458. The lowest BCUT2D eigenvalue weighted by Crippen LogP contribution is -2.53. The van der Waals surface area contributed by atoms with Gasteiger partial charge in [-0.3, -0.25) is 4.79 Å². The van der Waals surface area contributed by atoms with Crippen molar-refractivity contribution in [3.8, 4) is 0 Å². The second kappa shape index (κ2) is 10.7. The minimum atomic E-state index is -0.929. The number of rotatable bonds is 8. The highest BCUT2D eigenvalue weighted by atomic mass is 79.9. The number of aliphatic hydroxyl groups excluding tert-OH is 1. The van der Waals surface area contributed by atoms with Gasteiger partial charge in [-0.15, -0.1) is 0 Å². The summed E-state index contributed by atoms with van der Waals surface area (Å²) in [6, 6.07) is 10.8. The van der Waals surface area contributed by atoms with E-state index in [-0.39, 0.29) is 24.4 Å². The van der Waals surface area contributed by atoms with Gasteiger partial charge < -0.3 is 15.7 Å². The Hall–Kier alpha value is -1.83. The van der Waals surface area contributed by atoms with Gasteiger partial charge in [-0.05, 0) is 54.7 Å². The number of hydrogen-bond donors (Lipinski definition) is 3. The molecule has 3 N–H and O–H groups in total. The van der Waals surface area contributed by atoms with Gasteiger partial charge in [0.15, 0.2) is 0 Å². The van der Waals surface area contributed by atoms with Crippen LogP contribution in [-0.4, -0.2) is 29.7 Å². The predicted molar refractivity (Wildman–Crippen MR) is 121 cm³/mol. The first-order chi connectivity index (χ1) is 14.8. The van der Waals surface area contributed by atoms with Crippen LogP contribution in [-0.2, 0) is 16.8 Å². The van der Waals surface area contributed by atoms with Crippen LogP contribution >= 0.6 is 15.9 Å². The molecular formula is C24H29BrF2N2O2. The summed E-state index contributed by atoms with van der Waals surface area (Å²) in [5.74, 6) is -1.67. The molecule has 1 aliphatic rings. The summed E-state index contributed by atoms with van der Waals surface area (Å²) in [5.41, 5.74) is 1.29. The van der Waals surface area contributed by atoms with Crippen LogP contribution in [0.5, 0.6) is 0 Å². The fourth-order valence-corrected chi connectivity index (χ4v) is 4.88. The maximum absolute atomic E-state index is 13.6. The summed E-state index contributed by atoms with van der Waals surface area (Å²) >= 11 is 3.55. The summed E-state index contributed by atoms with van der Waals surface area (Å²) in [6.45, 7) is 1.61. The Bertz CT molecular complexity index is 883. The monoisotopic (exact) mass is 494 g/mol. The second-order valence-electron chi connectivity index (χ2n) is 8.39. The summed E-state index contributed by atoms with van der Waals surface area (Å²) in [6.07, 6.45) is 4.47. The Balaban J connectivity index is 1.76. The van der Waals surface area contributed by atoms with Crippen LogP contribution < -0.4 is 10.6 Å². The molecule has 2 atom stereocenters. The van der Waals surface area contributed by atoms with Crippen molar-refractivity contribution in [2.45, 2.75) is 63.1 Å². The van der Waals surface area contributed by atoms with Crippen molar-refractivity contribution in [3.63, 3.8) is 0 Å². The molecule has 0 saturated heterocycles. The van der Waals surface area contributed by atoms with E-state index in [1.165, 1.54) is 25.5 Å². The molecule has 7 heteroatoms. The summed E-state index contributed by atoms with van der Waals surface area (Å²) in [5, 5.41) is 17.2. The Morgan fingerprint density at radius 1 is 1.13 bits per heavy atom. The van der Waals surface area contributed by atoms with Gasteiger partial charge in [0.2, 0.25) is 5.91 Å². The van der Waals surface area contributed by atoms with Crippen LogP contribution in [0.15, 0.2) is 46.9 Å². The lowest BCUT2D eigenvalue weighted by atomic mass is 9.76. The molecule has 31 heavy (non-hydrogen) atoms. The smallest absolute Gasteiger partial charge is 0.217 e. The lowest BCUT2D eigenvalue weighted by Gasteiger charge is -2.40. The number of nitrogens with one attached hydrogen (secondary N) is 2. The molecule has 2 aromatic carbocycles. The molecular weight excluding hydrogens is 466 g/mol. The van der Waals surface area contributed by atoms with Crippen molar-refractivity contribution >= 4 is 21.8 Å². The molecule has 1 fully saturated rings. The van der Waals surface area contributed by atoms with Crippen molar-refractivity contribution in [1.29, 1.82) is 0 Å². The molecule has 168 valence electrons. The number of carbonyl (C=O) groups excluding carboxylic acids is 1. The molecule has 0 bridgehead atoms. The number of halogens is 3. The largest absolute Gasteiger partial charge is 0.390 e. The van der Waals surface area contributed by atoms with Crippen molar-refractivity contribution in [2.75, 3.05) is 6.54 Å². The molecule has 4 nitrogen and oxygen atoms in total. The highest BCUT2D eigenvalue weighted by molar-refractivity contribution is 9.10. The van der Waals surface area contributed by atoms with Crippen LogP contribution in [0.4, 0.5) is 8.78 Å². The van der Waals surface area contributed by atoms with Gasteiger partial charge in [-0.1, -0.05) is 47.3 Å². The molecule has 1 saturated carbocycles. The van der Waals surface area contributed by atoms with E-state index in [2.05, 4.69) is 38.7 Å². The van der Waals surface area contributed by atoms with Crippen LogP contribution in [0, 0.1) is 11.6 Å². The topological polar surface area (TPSA) is 61.4 Å². The number of hydrogen-bond acceptors (Lipinski definition) is 3. The van der Waals surface area contributed by atoms with Gasteiger partial charge in [-0.25, -0.2) is 8.78 Å². The zero-order valence-electron chi connectivity index (χ0n) is 17.6. The highest BCUT2D eigenvalue weighted by Gasteiger charge is 2.35. The molecule has 0 aromatic heterocycles. The first-order valence-electron chi connectivity index (χ1n) is 10.7. The maximum Gasteiger partial charge on any atom is 0.217 e.